The fourth-order valence-electron chi connectivity index (χ4n) is 3.40. The van der Waals surface area contributed by atoms with Gasteiger partial charge in [-0.15, -0.1) is 0 Å². The van der Waals surface area contributed by atoms with Gasteiger partial charge in [-0.25, -0.2) is 0 Å². The van der Waals surface area contributed by atoms with Crippen molar-refractivity contribution in [3.63, 3.8) is 0 Å². The maximum Gasteiger partial charge on any atom is 0.311 e. The monoisotopic (exact) mass is 396 g/mol. The molecule has 0 aliphatic carbocycles. The molecule has 1 atom stereocenters. The first-order chi connectivity index (χ1) is 13.9. The Bertz CT molecular complexity index is 941. The summed E-state index contributed by atoms with van der Waals surface area (Å²) in [7, 11) is 1.50. The van der Waals surface area contributed by atoms with E-state index in [1.165, 1.54) is 7.11 Å². The Balaban J connectivity index is 1.56. The van der Waals surface area contributed by atoms with Crippen LogP contribution >= 0.6 is 0 Å². The number of nitrogens with zero attached hydrogens (tertiary/aromatic N) is 1. The van der Waals surface area contributed by atoms with E-state index in [1.807, 2.05) is 32.0 Å². The standard InChI is InChI=1S/C22H24N2O5/c1-14-8-9-18(15(2)10-14)24-12-16(11-21(24)26)22(27)29-13-20(25)23-17-6-4-5-7-19(17)28-3/h4-10,16H,11-13H2,1-3H3,(H,23,25)/t16-/m0/s1. The van der Waals surface area contributed by atoms with Gasteiger partial charge in [0, 0.05) is 18.7 Å². The quantitative estimate of drug-likeness (QED) is 0.759. The SMILES string of the molecule is COc1ccccc1NC(=O)COC(=O)[C@H]1CC(=O)N(c2ccc(C)cc2C)C1. The van der Waals surface area contributed by atoms with Gasteiger partial charge in [0.2, 0.25) is 5.91 Å². The number of ether oxygens (including phenoxy) is 2. The zero-order valence-electron chi connectivity index (χ0n) is 16.7. The average Bonchev–Trinajstić information content (AvgIpc) is 3.08. The minimum atomic E-state index is -0.595. The Hall–Kier alpha value is -3.35. The molecule has 1 fully saturated rings. The lowest BCUT2D eigenvalue weighted by Crippen LogP contribution is -2.28. The van der Waals surface area contributed by atoms with Crippen molar-refractivity contribution in [2.24, 2.45) is 5.92 Å². The van der Waals surface area contributed by atoms with E-state index in [0.29, 0.717) is 11.4 Å². The summed E-state index contributed by atoms with van der Waals surface area (Å²) in [6.07, 6.45) is 0.0697. The van der Waals surface area contributed by atoms with E-state index in [2.05, 4.69) is 5.32 Å². The van der Waals surface area contributed by atoms with E-state index < -0.39 is 24.4 Å². The molecule has 1 heterocycles. The van der Waals surface area contributed by atoms with Gasteiger partial charge < -0.3 is 19.7 Å². The molecule has 7 nitrogen and oxygen atoms in total. The first kappa shape index (κ1) is 20.4. The second kappa shape index (κ2) is 8.77. The zero-order chi connectivity index (χ0) is 21.0. The highest BCUT2D eigenvalue weighted by molar-refractivity contribution is 6.00. The van der Waals surface area contributed by atoms with Crippen LogP contribution in [0.25, 0.3) is 0 Å². The molecule has 0 radical (unpaired) electrons. The van der Waals surface area contributed by atoms with Crippen LogP contribution in [-0.4, -0.2) is 38.0 Å². The molecule has 3 rings (SSSR count). The maximum atomic E-state index is 12.4. The molecule has 0 saturated carbocycles. The number of nitrogens with one attached hydrogen (secondary N) is 1. The van der Waals surface area contributed by atoms with Crippen LogP contribution in [0, 0.1) is 19.8 Å². The normalized spacial score (nSPS) is 15.9. The number of esters is 1. The van der Waals surface area contributed by atoms with Crippen molar-refractivity contribution in [1.29, 1.82) is 0 Å². The lowest BCUT2D eigenvalue weighted by molar-refractivity contribution is -0.151. The first-order valence-corrected chi connectivity index (χ1v) is 9.36. The Morgan fingerprint density at radius 3 is 2.66 bits per heavy atom. The number of anilines is 2. The van der Waals surface area contributed by atoms with Gasteiger partial charge in [-0.05, 0) is 37.6 Å². The van der Waals surface area contributed by atoms with Crippen molar-refractivity contribution in [3.8, 4) is 5.75 Å². The van der Waals surface area contributed by atoms with Crippen molar-refractivity contribution < 1.29 is 23.9 Å². The summed E-state index contributed by atoms with van der Waals surface area (Å²) < 4.78 is 10.3. The number of methoxy groups -OCH3 is 1. The van der Waals surface area contributed by atoms with Gasteiger partial charge in [-0.1, -0.05) is 29.8 Å². The Labute approximate surface area is 169 Å². The summed E-state index contributed by atoms with van der Waals surface area (Å²) in [6, 6.07) is 12.8. The first-order valence-electron chi connectivity index (χ1n) is 9.36. The lowest BCUT2D eigenvalue weighted by atomic mass is 10.1. The van der Waals surface area contributed by atoms with E-state index in [0.717, 1.165) is 16.8 Å². The summed E-state index contributed by atoms with van der Waals surface area (Å²) in [5.41, 5.74) is 3.37. The molecule has 2 aromatic rings. The van der Waals surface area contributed by atoms with Gasteiger partial charge in [-0.3, -0.25) is 14.4 Å². The highest BCUT2D eigenvalue weighted by Gasteiger charge is 2.36. The van der Waals surface area contributed by atoms with Crippen molar-refractivity contribution in [3.05, 3.63) is 53.6 Å². The molecule has 0 spiro atoms. The summed E-state index contributed by atoms with van der Waals surface area (Å²) in [4.78, 5) is 38.5. The fraction of sp³-hybridized carbons (Fsp3) is 0.318. The van der Waals surface area contributed by atoms with Crippen LogP contribution in [0.1, 0.15) is 17.5 Å². The van der Waals surface area contributed by atoms with Gasteiger partial charge in [0.25, 0.3) is 5.91 Å². The largest absolute Gasteiger partial charge is 0.495 e. The summed E-state index contributed by atoms with van der Waals surface area (Å²) in [5, 5.41) is 2.65. The van der Waals surface area contributed by atoms with Crippen LogP contribution in [0.15, 0.2) is 42.5 Å². The van der Waals surface area contributed by atoms with Gasteiger partial charge in [0.15, 0.2) is 6.61 Å². The molecule has 1 aliphatic rings. The molecule has 2 aromatic carbocycles. The van der Waals surface area contributed by atoms with Crippen molar-refractivity contribution >= 4 is 29.2 Å². The average molecular weight is 396 g/mol. The fourth-order valence-corrected chi connectivity index (χ4v) is 3.40. The Morgan fingerprint density at radius 2 is 1.93 bits per heavy atom. The molecule has 7 heteroatoms. The van der Waals surface area contributed by atoms with Crippen LogP contribution in [-0.2, 0) is 19.1 Å². The number of amides is 2. The topological polar surface area (TPSA) is 84.9 Å². The molecule has 0 aromatic heterocycles. The van der Waals surface area contributed by atoms with Gasteiger partial charge in [-0.2, -0.15) is 0 Å². The van der Waals surface area contributed by atoms with E-state index in [9.17, 15) is 14.4 Å². The third-order valence-corrected chi connectivity index (χ3v) is 4.83. The number of para-hydroxylation sites is 2. The second-order valence-corrected chi connectivity index (χ2v) is 7.05. The van der Waals surface area contributed by atoms with Gasteiger partial charge in [0.05, 0.1) is 18.7 Å². The molecule has 1 N–H and O–H groups in total. The summed E-state index contributed by atoms with van der Waals surface area (Å²) in [5.74, 6) is -1.24. The highest BCUT2D eigenvalue weighted by Crippen LogP contribution is 2.29. The maximum absolute atomic E-state index is 12.4. The Morgan fingerprint density at radius 1 is 1.17 bits per heavy atom. The molecule has 29 heavy (non-hydrogen) atoms. The number of carbonyl (C=O) groups excluding carboxylic acids is 3. The van der Waals surface area contributed by atoms with Crippen LogP contribution in [0.3, 0.4) is 0 Å². The minimum absolute atomic E-state index is 0.0697. The number of hydrogen-bond donors (Lipinski definition) is 1. The predicted octanol–water partition coefficient (Wildman–Crippen LogP) is 2.85. The van der Waals surface area contributed by atoms with E-state index >= 15 is 0 Å². The second-order valence-electron chi connectivity index (χ2n) is 7.05. The number of hydrogen-bond acceptors (Lipinski definition) is 5. The predicted molar refractivity (Wildman–Crippen MR) is 109 cm³/mol. The summed E-state index contributed by atoms with van der Waals surface area (Å²) >= 11 is 0. The van der Waals surface area contributed by atoms with Gasteiger partial charge >= 0.3 is 5.97 Å². The van der Waals surface area contributed by atoms with Crippen LogP contribution < -0.4 is 15.0 Å². The highest BCUT2D eigenvalue weighted by atomic mass is 16.5. The number of carbonyl (C=O) groups is 3. The van der Waals surface area contributed by atoms with E-state index in [-0.39, 0.29) is 18.9 Å². The Kier molecular flexibility index (Phi) is 6.16. The third-order valence-electron chi connectivity index (χ3n) is 4.83. The molecule has 2 amide bonds. The number of aryl methyl sites for hydroxylation is 2. The van der Waals surface area contributed by atoms with Gasteiger partial charge in [0.1, 0.15) is 5.75 Å². The molecular weight excluding hydrogens is 372 g/mol. The van der Waals surface area contributed by atoms with Crippen molar-refractivity contribution in [1.82, 2.24) is 0 Å². The lowest BCUT2D eigenvalue weighted by Gasteiger charge is -2.19. The molecule has 0 bridgehead atoms. The molecule has 0 unspecified atom stereocenters. The van der Waals surface area contributed by atoms with E-state index in [1.54, 1.807) is 29.2 Å². The molecule has 1 aliphatic heterocycles. The van der Waals surface area contributed by atoms with Crippen molar-refractivity contribution in [2.45, 2.75) is 20.3 Å². The zero-order valence-corrected chi connectivity index (χ0v) is 16.7. The van der Waals surface area contributed by atoms with Crippen molar-refractivity contribution in [2.75, 3.05) is 30.5 Å². The third kappa shape index (κ3) is 4.74. The van der Waals surface area contributed by atoms with Crippen LogP contribution in [0.5, 0.6) is 5.75 Å². The van der Waals surface area contributed by atoms with Crippen LogP contribution in [0.2, 0.25) is 0 Å². The number of rotatable bonds is 6. The smallest absolute Gasteiger partial charge is 0.311 e. The van der Waals surface area contributed by atoms with Crippen LogP contribution in [0.4, 0.5) is 11.4 Å². The number of benzene rings is 2. The molecular formula is C22H24N2O5. The minimum Gasteiger partial charge on any atom is -0.495 e. The summed E-state index contributed by atoms with van der Waals surface area (Å²) in [6.45, 7) is 3.74. The van der Waals surface area contributed by atoms with E-state index in [4.69, 9.17) is 9.47 Å². The molecule has 152 valence electrons. The molecule has 1 saturated heterocycles.